The van der Waals surface area contributed by atoms with E-state index in [-0.39, 0.29) is 0 Å². The van der Waals surface area contributed by atoms with Gasteiger partial charge in [0.15, 0.2) is 0 Å². The molecule has 0 spiro atoms. The molecule has 0 aromatic rings. The van der Waals surface area contributed by atoms with Crippen LogP contribution in [0.1, 0.15) is 27.7 Å². The summed E-state index contributed by atoms with van der Waals surface area (Å²) in [5.74, 6) is 0. The average molecular weight is 146 g/mol. The largest absolute Gasteiger partial charge is 0.200 e. The predicted octanol–water partition coefficient (Wildman–Crippen LogP) is 1.81. The van der Waals surface area contributed by atoms with Crippen molar-refractivity contribution in [2.24, 2.45) is 0 Å². The molecule has 0 heterocycles. The van der Waals surface area contributed by atoms with Crippen LogP contribution in [-0.4, -0.2) is 30.9 Å². The van der Waals surface area contributed by atoms with Crippen LogP contribution >= 0.6 is 0 Å². The molecule has 0 unspecified atom stereocenters. The summed E-state index contributed by atoms with van der Waals surface area (Å²) in [6.45, 7) is 8.43. The number of quaternary nitrogens is 1. The molecule has 2 nitrogen and oxygen atoms in total. The van der Waals surface area contributed by atoms with Crippen molar-refractivity contribution < 1.29 is 9.48 Å². The second-order valence-corrected chi connectivity index (χ2v) is 3.68. The molecule has 0 amide bonds. The summed E-state index contributed by atoms with van der Waals surface area (Å²) in [6.07, 6.45) is 0.303. The summed E-state index contributed by atoms with van der Waals surface area (Å²) in [4.78, 5) is 5.64. The van der Waals surface area contributed by atoms with Crippen LogP contribution in [0, 0.1) is 0 Å². The summed E-state index contributed by atoms with van der Waals surface area (Å²) in [7, 11) is 4.15. The highest BCUT2D eigenvalue weighted by molar-refractivity contribution is 4.33. The molecule has 0 atom stereocenters. The first kappa shape index (κ1) is 9.92. The van der Waals surface area contributed by atoms with Gasteiger partial charge >= 0.3 is 0 Å². The van der Waals surface area contributed by atoms with Crippen molar-refractivity contribution in [1.29, 1.82) is 0 Å². The fourth-order valence-electron chi connectivity index (χ4n) is 0.665. The maximum Gasteiger partial charge on any atom is 0.113 e. The molecule has 62 valence electrons. The monoisotopic (exact) mass is 146 g/mol. The first-order chi connectivity index (χ1) is 4.36. The van der Waals surface area contributed by atoms with Crippen LogP contribution in [-0.2, 0) is 4.84 Å². The molecular weight excluding hydrogens is 126 g/mol. The van der Waals surface area contributed by atoms with E-state index in [0.29, 0.717) is 16.8 Å². The highest BCUT2D eigenvalue weighted by Crippen LogP contribution is 2.08. The molecule has 0 saturated heterocycles. The normalized spacial score (nSPS) is 13.2. The van der Waals surface area contributed by atoms with Crippen molar-refractivity contribution in [3.05, 3.63) is 0 Å². The summed E-state index contributed by atoms with van der Waals surface area (Å²) < 4.78 is 0.637. The Kier molecular flexibility index (Phi) is 3.33. The van der Waals surface area contributed by atoms with Gasteiger partial charge < -0.3 is 0 Å². The predicted molar refractivity (Wildman–Crippen MR) is 43.5 cm³/mol. The van der Waals surface area contributed by atoms with E-state index in [2.05, 4.69) is 41.8 Å². The third-order valence-corrected chi connectivity index (χ3v) is 1.73. The Morgan fingerprint density at radius 2 is 1.40 bits per heavy atom. The standard InChI is InChI=1S/C8H20NO/c1-7(2)9(5,6)10-8(3)4/h7-8H,1-6H3/q+1. The third kappa shape index (κ3) is 3.18. The minimum absolute atomic E-state index is 0.303. The molecule has 0 fully saturated rings. The lowest BCUT2D eigenvalue weighted by molar-refractivity contribution is -1.10. The molecule has 2 heteroatoms. The summed E-state index contributed by atoms with van der Waals surface area (Å²) >= 11 is 0. The van der Waals surface area contributed by atoms with Crippen molar-refractivity contribution in [1.82, 2.24) is 0 Å². The molecule has 0 aromatic heterocycles. The lowest BCUT2D eigenvalue weighted by Crippen LogP contribution is -2.47. The van der Waals surface area contributed by atoms with Crippen molar-refractivity contribution in [2.45, 2.75) is 39.8 Å². The fourth-order valence-corrected chi connectivity index (χ4v) is 0.665. The maximum atomic E-state index is 5.64. The molecule has 0 radical (unpaired) electrons. The van der Waals surface area contributed by atoms with Crippen LogP contribution in [0.2, 0.25) is 0 Å². The zero-order valence-corrected chi connectivity index (χ0v) is 8.01. The van der Waals surface area contributed by atoms with Crippen LogP contribution in [0.15, 0.2) is 0 Å². The third-order valence-electron chi connectivity index (χ3n) is 1.73. The zero-order valence-electron chi connectivity index (χ0n) is 8.01. The molecule has 0 aliphatic carbocycles. The molecular formula is C8H20NO+. The molecule has 10 heavy (non-hydrogen) atoms. The topological polar surface area (TPSA) is 9.23 Å². The van der Waals surface area contributed by atoms with Gasteiger partial charge in [-0.25, -0.2) is 4.84 Å². The van der Waals surface area contributed by atoms with Crippen LogP contribution in [0.3, 0.4) is 0 Å². The minimum atomic E-state index is 0.303. The Hall–Kier alpha value is -0.0800. The minimum Gasteiger partial charge on any atom is -0.200 e. The zero-order chi connectivity index (χ0) is 8.36. The van der Waals surface area contributed by atoms with Crippen LogP contribution in [0.5, 0.6) is 0 Å². The van der Waals surface area contributed by atoms with Gasteiger partial charge in [-0.05, 0) is 27.7 Å². The number of rotatable bonds is 3. The summed E-state index contributed by atoms with van der Waals surface area (Å²) in [6, 6.07) is 0.516. The summed E-state index contributed by atoms with van der Waals surface area (Å²) in [5.41, 5.74) is 0. The first-order valence-electron chi connectivity index (χ1n) is 3.88. The average Bonchev–Trinajstić information content (AvgIpc) is 1.60. The van der Waals surface area contributed by atoms with E-state index in [1.807, 2.05) is 0 Å². The Morgan fingerprint density at radius 1 is 1.00 bits per heavy atom. The van der Waals surface area contributed by atoms with Crippen molar-refractivity contribution in [3.8, 4) is 0 Å². The Bertz CT molecular complexity index is 97.4. The van der Waals surface area contributed by atoms with Gasteiger partial charge in [0.1, 0.15) is 12.1 Å². The van der Waals surface area contributed by atoms with Gasteiger partial charge in [-0.3, -0.25) is 0 Å². The van der Waals surface area contributed by atoms with E-state index in [0.717, 1.165) is 0 Å². The van der Waals surface area contributed by atoms with E-state index < -0.39 is 0 Å². The summed E-state index contributed by atoms with van der Waals surface area (Å²) in [5, 5.41) is 0. The number of hydrogen-bond donors (Lipinski definition) is 0. The van der Waals surface area contributed by atoms with Crippen molar-refractivity contribution in [3.63, 3.8) is 0 Å². The quantitative estimate of drug-likeness (QED) is 0.436. The van der Waals surface area contributed by atoms with Crippen LogP contribution in [0.25, 0.3) is 0 Å². The van der Waals surface area contributed by atoms with E-state index >= 15 is 0 Å². The van der Waals surface area contributed by atoms with Crippen molar-refractivity contribution >= 4 is 0 Å². The Labute approximate surface area is 64.3 Å². The molecule has 0 rings (SSSR count). The van der Waals surface area contributed by atoms with E-state index in [4.69, 9.17) is 4.84 Å². The highest BCUT2D eigenvalue weighted by Gasteiger charge is 2.22. The first-order valence-corrected chi connectivity index (χ1v) is 3.88. The highest BCUT2D eigenvalue weighted by atomic mass is 16.7. The molecule has 0 saturated carbocycles. The van der Waals surface area contributed by atoms with Crippen molar-refractivity contribution in [2.75, 3.05) is 14.1 Å². The van der Waals surface area contributed by atoms with E-state index in [9.17, 15) is 0 Å². The van der Waals surface area contributed by atoms with Gasteiger partial charge in [0.25, 0.3) is 0 Å². The molecule has 0 aliphatic rings. The molecule has 0 aromatic carbocycles. The number of hydrogen-bond acceptors (Lipinski definition) is 1. The lowest BCUT2D eigenvalue weighted by atomic mass is 10.3. The van der Waals surface area contributed by atoms with Gasteiger partial charge in [-0.15, -0.1) is 0 Å². The molecule has 0 aliphatic heterocycles. The Balaban J connectivity index is 3.87. The van der Waals surface area contributed by atoms with Gasteiger partial charge in [0, 0.05) is 0 Å². The Morgan fingerprint density at radius 3 is 1.50 bits per heavy atom. The van der Waals surface area contributed by atoms with Gasteiger partial charge in [0.05, 0.1) is 14.1 Å². The molecule has 0 N–H and O–H groups in total. The lowest BCUT2D eigenvalue weighted by Gasteiger charge is -2.32. The van der Waals surface area contributed by atoms with E-state index in [1.165, 1.54) is 0 Å². The second kappa shape index (κ2) is 3.35. The van der Waals surface area contributed by atoms with Gasteiger partial charge in [0.2, 0.25) is 0 Å². The maximum absolute atomic E-state index is 5.64. The SMILES string of the molecule is CC(C)O[N+](C)(C)C(C)C. The number of hydroxylamine groups is 3. The second-order valence-electron chi connectivity index (χ2n) is 3.68. The fraction of sp³-hybridized carbons (Fsp3) is 1.00. The van der Waals surface area contributed by atoms with E-state index in [1.54, 1.807) is 0 Å². The van der Waals surface area contributed by atoms with Gasteiger partial charge in [-0.2, -0.15) is 4.65 Å². The number of nitrogens with zero attached hydrogens (tertiary/aromatic N) is 1. The van der Waals surface area contributed by atoms with Gasteiger partial charge in [-0.1, -0.05) is 0 Å². The molecule has 0 bridgehead atoms. The van der Waals surface area contributed by atoms with Crippen LogP contribution in [0.4, 0.5) is 0 Å². The smallest absolute Gasteiger partial charge is 0.113 e. The van der Waals surface area contributed by atoms with Crippen LogP contribution < -0.4 is 0 Å².